The quantitative estimate of drug-likeness (QED) is 0.359. The van der Waals surface area contributed by atoms with E-state index in [0.29, 0.717) is 36.2 Å². The normalized spacial score (nSPS) is 10.5. The number of nitrogens with zero attached hydrogens (tertiary/aromatic N) is 6. The molecule has 0 bridgehead atoms. The van der Waals surface area contributed by atoms with Crippen LogP contribution >= 0.6 is 12.2 Å². The van der Waals surface area contributed by atoms with E-state index in [4.69, 9.17) is 22.2 Å². The molecule has 1 aromatic carbocycles. The van der Waals surface area contributed by atoms with Crippen molar-refractivity contribution in [3.8, 4) is 11.9 Å². The Morgan fingerprint density at radius 2 is 1.97 bits per heavy atom. The second kappa shape index (κ2) is 11.3. The third-order valence-electron chi connectivity index (χ3n) is 5.76. The van der Waals surface area contributed by atoms with Gasteiger partial charge in [-0.2, -0.15) is 5.26 Å². The summed E-state index contributed by atoms with van der Waals surface area (Å²) in [6, 6.07) is 17.6. The lowest BCUT2D eigenvalue weighted by Crippen LogP contribution is -2.36. The van der Waals surface area contributed by atoms with Crippen molar-refractivity contribution < 1.29 is 4.74 Å². The molecule has 0 aliphatic heterocycles. The first-order valence-electron chi connectivity index (χ1n) is 11.2. The fourth-order valence-corrected chi connectivity index (χ4v) is 3.99. The summed E-state index contributed by atoms with van der Waals surface area (Å²) in [5, 5.41) is 12.9. The maximum Gasteiger partial charge on any atom is 0.213 e. The third kappa shape index (κ3) is 6.25. The van der Waals surface area contributed by atoms with E-state index in [0.717, 1.165) is 29.1 Å². The molecule has 0 spiro atoms. The smallest absolute Gasteiger partial charge is 0.213 e. The number of aryl methyl sites for hydroxylation is 1. The summed E-state index contributed by atoms with van der Waals surface area (Å²) in [6.45, 7) is 2.07. The zero-order valence-electron chi connectivity index (χ0n) is 19.8. The molecule has 8 nitrogen and oxygen atoms in total. The molecule has 0 saturated carbocycles. The number of hydrogen-bond acceptors (Lipinski definition) is 5. The highest BCUT2D eigenvalue weighted by Crippen LogP contribution is 2.15. The average Bonchev–Trinajstić information content (AvgIpc) is 3.50. The van der Waals surface area contributed by atoms with Crippen molar-refractivity contribution in [1.82, 2.24) is 24.0 Å². The number of rotatable bonds is 9. The maximum atomic E-state index is 9.03. The molecular formula is C26H27N7OS. The van der Waals surface area contributed by atoms with Crippen LogP contribution in [0.1, 0.15) is 22.5 Å². The summed E-state index contributed by atoms with van der Waals surface area (Å²) in [5.74, 6) is 0.553. The molecule has 0 aliphatic rings. The molecule has 35 heavy (non-hydrogen) atoms. The molecule has 0 amide bonds. The van der Waals surface area contributed by atoms with Gasteiger partial charge >= 0.3 is 0 Å². The lowest BCUT2D eigenvalue weighted by molar-refractivity contribution is 0.398. The number of aromatic nitrogens is 4. The van der Waals surface area contributed by atoms with Crippen LogP contribution < -0.4 is 10.1 Å². The molecule has 4 rings (SSSR count). The molecule has 0 radical (unpaired) electrons. The minimum Gasteiger partial charge on any atom is -0.481 e. The number of pyridine rings is 1. The molecular weight excluding hydrogens is 458 g/mol. The molecule has 3 heterocycles. The topological polar surface area (TPSA) is 83.9 Å². The maximum absolute atomic E-state index is 9.03. The van der Waals surface area contributed by atoms with E-state index in [-0.39, 0.29) is 0 Å². The van der Waals surface area contributed by atoms with E-state index in [2.05, 4.69) is 41.5 Å². The Hall–Kier alpha value is -4.16. The molecule has 0 atom stereocenters. The van der Waals surface area contributed by atoms with Crippen LogP contribution in [0.2, 0.25) is 0 Å². The highest BCUT2D eigenvalue weighted by molar-refractivity contribution is 7.80. The zero-order chi connectivity index (χ0) is 24.6. The van der Waals surface area contributed by atoms with Crippen molar-refractivity contribution in [1.29, 1.82) is 5.26 Å². The van der Waals surface area contributed by atoms with Crippen LogP contribution in [0.3, 0.4) is 0 Å². The van der Waals surface area contributed by atoms with Gasteiger partial charge in [0.15, 0.2) is 5.11 Å². The number of imidazole rings is 1. The number of anilines is 1. The van der Waals surface area contributed by atoms with Crippen LogP contribution in [0.5, 0.6) is 5.88 Å². The summed E-state index contributed by atoms with van der Waals surface area (Å²) in [4.78, 5) is 10.8. The van der Waals surface area contributed by atoms with Gasteiger partial charge in [0.25, 0.3) is 0 Å². The van der Waals surface area contributed by atoms with E-state index >= 15 is 0 Å². The monoisotopic (exact) mass is 485 g/mol. The minimum atomic E-state index is 0.553. The molecule has 1 N–H and O–H groups in total. The minimum absolute atomic E-state index is 0.553. The second-order valence-corrected chi connectivity index (χ2v) is 8.51. The van der Waals surface area contributed by atoms with E-state index in [1.807, 2.05) is 62.2 Å². The van der Waals surface area contributed by atoms with Crippen molar-refractivity contribution in [2.75, 3.05) is 19.0 Å². The van der Waals surface area contributed by atoms with Crippen molar-refractivity contribution in [2.24, 2.45) is 7.05 Å². The van der Waals surface area contributed by atoms with Crippen molar-refractivity contribution >= 4 is 23.0 Å². The molecule has 178 valence electrons. The second-order valence-electron chi connectivity index (χ2n) is 8.12. The van der Waals surface area contributed by atoms with Gasteiger partial charge in [0.05, 0.1) is 43.5 Å². The first kappa shape index (κ1) is 24.0. The first-order chi connectivity index (χ1) is 17.1. The van der Waals surface area contributed by atoms with Crippen LogP contribution in [0.25, 0.3) is 0 Å². The standard InChI is InChI=1S/C26H27N7OS/c1-31-12-3-4-24(31)18-32(26(35)30-22-9-10-25(34-2)29-15-22)13-11-23-16-28-19-33(23)17-21-7-5-20(14-27)6-8-21/h3-10,12,15-16,19H,11,13,17-18H2,1-2H3,(H,30,35). The van der Waals surface area contributed by atoms with E-state index < -0.39 is 0 Å². The van der Waals surface area contributed by atoms with Gasteiger partial charge in [-0.05, 0) is 48.1 Å². The average molecular weight is 486 g/mol. The zero-order valence-corrected chi connectivity index (χ0v) is 20.6. The van der Waals surface area contributed by atoms with Crippen molar-refractivity contribution in [3.63, 3.8) is 0 Å². The van der Waals surface area contributed by atoms with Gasteiger partial charge in [0.1, 0.15) is 0 Å². The number of nitriles is 1. The fraction of sp³-hybridized carbons (Fsp3) is 0.231. The third-order valence-corrected chi connectivity index (χ3v) is 6.12. The molecule has 3 aromatic heterocycles. The number of hydrogen-bond donors (Lipinski definition) is 1. The molecule has 0 fully saturated rings. The number of ether oxygens (including phenoxy) is 1. The molecule has 0 aliphatic carbocycles. The Kier molecular flexibility index (Phi) is 7.75. The Morgan fingerprint density at radius 3 is 2.63 bits per heavy atom. The van der Waals surface area contributed by atoms with Crippen LogP contribution in [0, 0.1) is 11.3 Å². The SMILES string of the molecule is COc1ccc(NC(=S)N(CCc2cncn2Cc2ccc(C#N)cc2)Cc2cccn2C)cn1. The molecule has 4 aromatic rings. The summed E-state index contributed by atoms with van der Waals surface area (Å²) < 4.78 is 9.37. The van der Waals surface area contributed by atoms with E-state index in [1.165, 1.54) is 0 Å². The lowest BCUT2D eigenvalue weighted by atomic mass is 10.1. The number of nitrogens with one attached hydrogen (secondary N) is 1. The van der Waals surface area contributed by atoms with Gasteiger partial charge in [-0.25, -0.2) is 9.97 Å². The number of methoxy groups -OCH3 is 1. The van der Waals surface area contributed by atoms with Gasteiger partial charge in [-0.15, -0.1) is 0 Å². The van der Waals surface area contributed by atoms with Gasteiger partial charge in [0, 0.05) is 56.4 Å². The van der Waals surface area contributed by atoms with Crippen molar-refractivity contribution in [3.05, 3.63) is 96.0 Å². The van der Waals surface area contributed by atoms with Crippen LogP contribution in [-0.4, -0.2) is 42.8 Å². The summed E-state index contributed by atoms with van der Waals surface area (Å²) in [5.41, 5.74) is 4.85. The Balaban J connectivity index is 1.46. The first-order valence-corrected chi connectivity index (χ1v) is 11.6. The highest BCUT2D eigenvalue weighted by atomic mass is 32.1. The highest BCUT2D eigenvalue weighted by Gasteiger charge is 2.14. The summed E-state index contributed by atoms with van der Waals surface area (Å²) in [6.07, 6.45) is 8.24. The van der Waals surface area contributed by atoms with Crippen LogP contribution in [0.4, 0.5) is 5.69 Å². The number of thiocarbonyl (C=S) groups is 1. The van der Waals surface area contributed by atoms with Crippen molar-refractivity contribution in [2.45, 2.75) is 19.5 Å². The summed E-state index contributed by atoms with van der Waals surface area (Å²) >= 11 is 5.79. The Bertz CT molecular complexity index is 1300. The van der Waals surface area contributed by atoms with Gasteiger partial charge in [0.2, 0.25) is 5.88 Å². The lowest BCUT2D eigenvalue weighted by Gasteiger charge is -2.26. The predicted octanol–water partition coefficient (Wildman–Crippen LogP) is 3.99. The van der Waals surface area contributed by atoms with Crippen LogP contribution in [0.15, 0.2) is 73.4 Å². The van der Waals surface area contributed by atoms with Crippen LogP contribution in [-0.2, 0) is 26.6 Å². The van der Waals surface area contributed by atoms with Gasteiger partial charge < -0.3 is 24.1 Å². The summed E-state index contributed by atoms with van der Waals surface area (Å²) in [7, 11) is 3.62. The largest absolute Gasteiger partial charge is 0.481 e. The Labute approximate surface area is 210 Å². The molecule has 9 heteroatoms. The predicted molar refractivity (Wildman–Crippen MR) is 139 cm³/mol. The number of benzene rings is 1. The van der Waals surface area contributed by atoms with Gasteiger partial charge in [-0.1, -0.05) is 12.1 Å². The van der Waals surface area contributed by atoms with Gasteiger partial charge in [-0.3, -0.25) is 0 Å². The molecule has 0 saturated heterocycles. The van der Waals surface area contributed by atoms with E-state index in [9.17, 15) is 0 Å². The molecule has 0 unspecified atom stereocenters. The Morgan fingerprint density at radius 1 is 1.14 bits per heavy atom. The van der Waals surface area contributed by atoms with E-state index in [1.54, 1.807) is 19.4 Å². The fourth-order valence-electron chi connectivity index (χ4n) is 3.72.